The Balaban J connectivity index is 2.10. The summed E-state index contributed by atoms with van der Waals surface area (Å²) in [4.78, 5) is 28.7. The maximum atomic E-state index is 13.6. The van der Waals surface area contributed by atoms with Gasteiger partial charge in [0, 0.05) is 13.0 Å². The van der Waals surface area contributed by atoms with Gasteiger partial charge in [-0.1, -0.05) is 6.08 Å². The molecule has 4 atom stereocenters. The fraction of sp³-hybridized carbons (Fsp3) is 0.583. The molecule has 8 nitrogen and oxygen atoms in total. The first-order valence-electron chi connectivity index (χ1n) is 11.3. The molecule has 33 heavy (non-hydrogen) atoms. The average Bonchev–Trinajstić information content (AvgIpc) is 2.93. The number of amides is 1. The molecule has 2 aliphatic heterocycles. The zero-order valence-electron chi connectivity index (χ0n) is 20.2. The van der Waals surface area contributed by atoms with Crippen molar-refractivity contribution in [2.75, 3.05) is 27.4 Å². The van der Waals surface area contributed by atoms with E-state index in [1.807, 2.05) is 12.1 Å². The van der Waals surface area contributed by atoms with Crippen molar-refractivity contribution in [2.45, 2.75) is 56.7 Å². The Morgan fingerprint density at radius 1 is 1.27 bits per heavy atom. The number of rotatable bonds is 7. The van der Waals surface area contributed by atoms with Gasteiger partial charge in [-0.15, -0.1) is 6.58 Å². The number of carbonyl (C=O) groups is 2. The van der Waals surface area contributed by atoms with E-state index in [2.05, 4.69) is 26.2 Å². The summed E-state index contributed by atoms with van der Waals surface area (Å²) in [6.07, 6.45) is 0.792. The SMILES string of the molecule is C=CC1(O[Si](C)(C)C)CC2(C(=O)OCC)C(O)C(=O)N3CCc4cc(OC)c(OC)cc4C312. The van der Waals surface area contributed by atoms with Crippen LogP contribution in [-0.2, 0) is 30.7 Å². The van der Waals surface area contributed by atoms with E-state index in [9.17, 15) is 14.7 Å². The van der Waals surface area contributed by atoms with Gasteiger partial charge in [0.25, 0.3) is 5.91 Å². The number of ether oxygens (including phenoxy) is 3. The lowest BCUT2D eigenvalue weighted by molar-refractivity contribution is -0.245. The second-order valence-corrected chi connectivity index (χ2v) is 14.3. The summed E-state index contributed by atoms with van der Waals surface area (Å²) in [5, 5.41) is 11.3. The van der Waals surface area contributed by atoms with E-state index in [-0.39, 0.29) is 13.0 Å². The van der Waals surface area contributed by atoms with Crippen LogP contribution in [0.25, 0.3) is 0 Å². The van der Waals surface area contributed by atoms with E-state index in [1.165, 1.54) is 7.11 Å². The van der Waals surface area contributed by atoms with Gasteiger partial charge in [-0.3, -0.25) is 9.59 Å². The highest BCUT2D eigenvalue weighted by Gasteiger charge is 2.89. The zero-order chi connectivity index (χ0) is 24.4. The molecule has 0 radical (unpaired) electrons. The van der Waals surface area contributed by atoms with Crippen molar-refractivity contribution in [3.05, 3.63) is 35.9 Å². The van der Waals surface area contributed by atoms with Gasteiger partial charge in [-0.25, -0.2) is 0 Å². The molecule has 1 spiro atoms. The summed E-state index contributed by atoms with van der Waals surface area (Å²) in [7, 11) is 0.887. The number of benzene rings is 1. The first-order chi connectivity index (χ1) is 15.5. The van der Waals surface area contributed by atoms with Crippen molar-refractivity contribution in [3.8, 4) is 11.5 Å². The number of hydrogen-bond acceptors (Lipinski definition) is 7. The lowest BCUT2D eigenvalue weighted by atomic mass is 9.42. The third kappa shape index (κ3) is 2.76. The highest BCUT2D eigenvalue weighted by atomic mass is 28.4. The third-order valence-corrected chi connectivity index (χ3v) is 8.21. The molecule has 0 aromatic heterocycles. The van der Waals surface area contributed by atoms with Crippen LogP contribution >= 0.6 is 0 Å². The van der Waals surface area contributed by atoms with Crippen LogP contribution in [-0.4, -0.2) is 69.3 Å². The Kier molecular flexibility index (Phi) is 5.46. The van der Waals surface area contributed by atoms with Gasteiger partial charge < -0.3 is 28.6 Å². The molecule has 1 saturated carbocycles. The summed E-state index contributed by atoms with van der Waals surface area (Å²) in [6.45, 7) is 12.4. The first-order valence-corrected chi connectivity index (χ1v) is 14.7. The Labute approximate surface area is 195 Å². The molecule has 4 unspecified atom stereocenters. The number of carbonyl (C=O) groups excluding carboxylic acids is 2. The molecular weight excluding hydrogens is 442 g/mol. The fourth-order valence-electron chi connectivity index (χ4n) is 6.33. The number of esters is 1. The van der Waals surface area contributed by atoms with Crippen LogP contribution in [0.5, 0.6) is 11.5 Å². The zero-order valence-corrected chi connectivity index (χ0v) is 21.2. The Hall–Kier alpha value is -2.36. The molecular formula is C24H33NO7Si. The maximum absolute atomic E-state index is 13.6. The molecule has 3 aliphatic rings. The molecule has 1 saturated heterocycles. The van der Waals surface area contributed by atoms with Crippen LogP contribution < -0.4 is 9.47 Å². The van der Waals surface area contributed by atoms with Gasteiger partial charge in [-0.2, -0.15) is 0 Å². The van der Waals surface area contributed by atoms with Crippen LogP contribution in [0.4, 0.5) is 0 Å². The molecule has 2 heterocycles. The third-order valence-electron chi connectivity index (χ3n) is 7.23. The van der Waals surface area contributed by atoms with Crippen molar-refractivity contribution in [1.82, 2.24) is 4.90 Å². The molecule has 180 valence electrons. The van der Waals surface area contributed by atoms with Gasteiger partial charge in [0.05, 0.1) is 20.8 Å². The second kappa shape index (κ2) is 7.58. The molecule has 1 amide bonds. The minimum atomic E-state index is -2.21. The Morgan fingerprint density at radius 3 is 2.45 bits per heavy atom. The molecule has 1 aliphatic carbocycles. The molecule has 1 N–H and O–H groups in total. The average molecular weight is 476 g/mol. The fourth-order valence-corrected chi connectivity index (χ4v) is 7.72. The molecule has 1 aromatic rings. The second-order valence-electron chi connectivity index (χ2n) is 9.89. The standard InChI is InChI=1S/C24H33NO7Si/c1-8-22(32-33(5,6)7)14-23(21(28)31-9-2)19(26)20(27)25-11-10-15-12-17(29-3)18(30-4)13-16(15)24(22,23)25/h8,12-13,19,26H,1,9-11,14H2,2-7H3. The van der Waals surface area contributed by atoms with E-state index < -0.39 is 42.9 Å². The van der Waals surface area contributed by atoms with Gasteiger partial charge >= 0.3 is 5.97 Å². The summed E-state index contributed by atoms with van der Waals surface area (Å²) in [5.74, 6) is -0.0710. The normalized spacial score (nSPS) is 32.3. The van der Waals surface area contributed by atoms with Crippen LogP contribution in [0.15, 0.2) is 24.8 Å². The van der Waals surface area contributed by atoms with Crippen molar-refractivity contribution >= 4 is 20.2 Å². The number of aliphatic hydroxyl groups is 1. The molecule has 0 bridgehead atoms. The van der Waals surface area contributed by atoms with Crippen molar-refractivity contribution in [1.29, 1.82) is 0 Å². The van der Waals surface area contributed by atoms with Gasteiger partial charge in [0.15, 0.2) is 25.9 Å². The van der Waals surface area contributed by atoms with Gasteiger partial charge in [0.1, 0.15) is 16.6 Å². The molecule has 4 rings (SSSR count). The predicted octanol–water partition coefficient (Wildman–Crippen LogP) is 2.39. The smallest absolute Gasteiger partial charge is 0.318 e. The Bertz CT molecular complexity index is 1020. The maximum Gasteiger partial charge on any atom is 0.318 e. The van der Waals surface area contributed by atoms with E-state index in [1.54, 1.807) is 25.0 Å². The van der Waals surface area contributed by atoms with Crippen molar-refractivity contribution in [2.24, 2.45) is 5.41 Å². The van der Waals surface area contributed by atoms with Crippen molar-refractivity contribution in [3.63, 3.8) is 0 Å². The van der Waals surface area contributed by atoms with E-state index in [0.29, 0.717) is 30.0 Å². The number of hydrogen-bond donors (Lipinski definition) is 1. The summed E-state index contributed by atoms with van der Waals surface area (Å²) in [6, 6.07) is 3.69. The monoisotopic (exact) mass is 475 g/mol. The number of methoxy groups -OCH3 is 2. The number of aliphatic hydroxyl groups excluding tert-OH is 1. The molecule has 2 fully saturated rings. The summed E-state index contributed by atoms with van der Waals surface area (Å²) < 4.78 is 23.3. The quantitative estimate of drug-likeness (QED) is 0.368. The topological polar surface area (TPSA) is 94.5 Å². The molecule has 1 aromatic carbocycles. The highest BCUT2D eigenvalue weighted by molar-refractivity contribution is 6.69. The molecule has 9 heteroatoms. The van der Waals surface area contributed by atoms with Crippen LogP contribution in [0.2, 0.25) is 19.6 Å². The van der Waals surface area contributed by atoms with Crippen LogP contribution in [0.1, 0.15) is 24.5 Å². The lowest BCUT2D eigenvalue weighted by Crippen LogP contribution is -2.81. The van der Waals surface area contributed by atoms with E-state index in [0.717, 1.165) is 5.56 Å². The van der Waals surface area contributed by atoms with Crippen LogP contribution in [0, 0.1) is 5.41 Å². The lowest BCUT2D eigenvalue weighted by Gasteiger charge is -2.69. The van der Waals surface area contributed by atoms with Crippen LogP contribution in [0.3, 0.4) is 0 Å². The largest absolute Gasteiger partial charge is 0.493 e. The van der Waals surface area contributed by atoms with Gasteiger partial charge in [0.2, 0.25) is 0 Å². The number of nitrogens with zero attached hydrogens (tertiary/aromatic N) is 1. The predicted molar refractivity (Wildman–Crippen MR) is 124 cm³/mol. The Morgan fingerprint density at radius 2 is 1.91 bits per heavy atom. The van der Waals surface area contributed by atoms with Gasteiger partial charge in [-0.05, 0) is 56.2 Å². The highest BCUT2D eigenvalue weighted by Crippen LogP contribution is 2.74. The minimum Gasteiger partial charge on any atom is -0.493 e. The minimum absolute atomic E-state index is 0.101. The van der Waals surface area contributed by atoms with Crippen molar-refractivity contribution < 1.29 is 33.3 Å². The summed E-state index contributed by atoms with van der Waals surface area (Å²) in [5.41, 5.74) is -2.30. The first kappa shape index (κ1) is 23.8. The van der Waals surface area contributed by atoms with E-state index >= 15 is 0 Å². The number of fused-ring (bicyclic) bond motifs is 1. The van der Waals surface area contributed by atoms with E-state index in [4.69, 9.17) is 18.6 Å². The summed E-state index contributed by atoms with van der Waals surface area (Å²) >= 11 is 0.